The van der Waals surface area contributed by atoms with Crippen molar-refractivity contribution in [2.24, 2.45) is 0 Å². The summed E-state index contributed by atoms with van der Waals surface area (Å²) in [4.78, 5) is 0. The van der Waals surface area contributed by atoms with E-state index in [-0.39, 0.29) is 0 Å². The second-order valence-electron chi connectivity index (χ2n) is 8.92. The molecule has 0 spiro atoms. The van der Waals surface area contributed by atoms with Gasteiger partial charge in [0.2, 0.25) is 0 Å². The van der Waals surface area contributed by atoms with Crippen molar-refractivity contribution in [3.05, 3.63) is 59.4 Å². The summed E-state index contributed by atoms with van der Waals surface area (Å²) < 4.78 is 6.48. The molecule has 152 valence electrons. The molecular formula is C25H42OSi. The molecule has 0 saturated carbocycles. The van der Waals surface area contributed by atoms with E-state index in [4.69, 9.17) is 4.43 Å². The third-order valence-electron chi connectivity index (χ3n) is 5.83. The molecule has 0 heterocycles. The zero-order valence-electron chi connectivity index (χ0n) is 19.0. The molecule has 2 heteroatoms. The number of rotatable bonds is 11. The third kappa shape index (κ3) is 7.33. The molecule has 0 saturated heterocycles. The Morgan fingerprint density at radius 2 is 1.48 bits per heavy atom. The van der Waals surface area contributed by atoms with Gasteiger partial charge in [0.25, 0.3) is 8.32 Å². The van der Waals surface area contributed by atoms with Crippen LogP contribution in [-0.4, -0.2) is 8.32 Å². The highest BCUT2D eigenvalue weighted by Gasteiger charge is 2.46. The van der Waals surface area contributed by atoms with E-state index in [2.05, 4.69) is 91.8 Å². The van der Waals surface area contributed by atoms with Gasteiger partial charge in [-0.3, -0.25) is 0 Å². The van der Waals surface area contributed by atoms with E-state index in [0.29, 0.717) is 16.6 Å². The number of hydrogen-bond donors (Lipinski definition) is 0. The Kier molecular flexibility index (Phi) is 10.1. The molecule has 1 aromatic carbocycles. The molecule has 0 unspecified atom stereocenters. The minimum atomic E-state index is -1.77. The predicted molar refractivity (Wildman–Crippen MR) is 124 cm³/mol. The lowest BCUT2D eigenvalue weighted by atomic mass is 10.1. The van der Waals surface area contributed by atoms with E-state index < -0.39 is 8.32 Å². The summed E-state index contributed by atoms with van der Waals surface area (Å²) >= 11 is 0. The number of benzene rings is 1. The fraction of sp³-hybridized carbons (Fsp3) is 0.600. The van der Waals surface area contributed by atoms with Gasteiger partial charge in [0.15, 0.2) is 0 Å². The van der Waals surface area contributed by atoms with E-state index in [0.717, 1.165) is 25.7 Å². The van der Waals surface area contributed by atoms with Crippen molar-refractivity contribution in [2.45, 2.75) is 97.7 Å². The van der Waals surface area contributed by atoms with Gasteiger partial charge in [0.05, 0.1) is 6.26 Å². The zero-order chi connectivity index (χ0) is 20.4. The first kappa shape index (κ1) is 23.8. The summed E-state index contributed by atoms with van der Waals surface area (Å²) in [6.45, 7) is 18.4. The quantitative estimate of drug-likeness (QED) is 0.211. The molecule has 0 aliphatic carbocycles. The number of allylic oxidation sites excluding steroid dienone is 3. The van der Waals surface area contributed by atoms with Crippen molar-refractivity contribution in [3.63, 3.8) is 0 Å². The number of hydrogen-bond acceptors (Lipinski definition) is 1. The van der Waals surface area contributed by atoms with Crippen molar-refractivity contribution < 1.29 is 4.43 Å². The van der Waals surface area contributed by atoms with Crippen LogP contribution < -0.4 is 0 Å². The SMILES string of the molecule is C/C(=C\CCc1ccc(C)cc1)CC/C=C/O[Si](C(C)C)(C(C)C)C(C)C. The molecule has 0 aromatic heterocycles. The zero-order valence-corrected chi connectivity index (χ0v) is 20.0. The second kappa shape index (κ2) is 11.5. The van der Waals surface area contributed by atoms with Crippen LogP contribution in [-0.2, 0) is 10.8 Å². The molecule has 0 N–H and O–H groups in total. The van der Waals surface area contributed by atoms with Gasteiger partial charge in [0.1, 0.15) is 0 Å². The first-order chi connectivity index (χ1) is 12.7. The van der Waals surface area contributed by atoms with Crippen LogP contribution in [0.1, 0.15) is 78.9 Å². The molecule has 0 amide bonds. The first-order valence-electron chi connectivity index (χ1n) is 10.7. The van der Waals surface area contributed by atoms with Crippen LogP contribution in [0.25, 0.3) is 0 Å². The molecule has 1 rings (SSSR count). The molecule has 0 aliphatic rings. The summed E-state index contributed by atoms with van der Waals surface area (Å²) in [7, 11) is -1.77. The Morgan fingerprint density at radius 1 is 0.926 bits per heavy atom. The second-order valence-corrected chi connectivity index (χ2v) is 14.3. The average Bonchev–Trinajstić information content (AvgIpc) is 2.58. The van der Waals surface area contributed by atoms with Crippen molar-refractivity contribution in [1.82, 2.24) is 0 Å². The van der Waals surface area contributed by atoms with E-state index in [1.807, 2.05) is 6.26 Å². The van der Waals surface area contributed by atoms with E-state index >= 15 is 0 Å². The maximum atomic E-state index is 6.48. The molecule has 0 radical (unpaired) electrons. The average molecular weight is 387 g/mol. The van der Waals surface area contributed by atoms with E-state index in [1.165, 1.54) is 16.7 Å². The van der Waals surface area contributed by atoms with Crippen LogP contribution in [0.5, 0.6) is 0 Å². The fourth-order valence-corrected chi connectivity index (χ4v) is 9.44. The van der Waals surface area contributed by atoms with Crippen molar-refractivity contribution in [2.75, 3.05) is 0 Å². The van der Waals surface area contributed by atoms with Crippen LogP contribution in [0, 0.1) is 6.92 Å². The summed E-state index contributed by atoms with van der Waals surface area (Å²) in [5, 5.41) is 0. The third-order valence-corrected chi connectivity index (χ3v) is 11.8. The molecule has 0 atom stereocenters. The van der Waals surface area contributed by atoms with Crippen LogP contribution >= 0.6 is 0 Å². The minimum absolute atomic E-state index is 0.630. The van der Waals surface area contributed by atoms with Crippen LogP contribution in [0.3, 0.4) is 0 Å². The fourth-order valence-electron chi connectivity index (χ4n) is 4.30. The molecule has 1 aromatic rings. The van der Waals surface area contributed by atoms with Crippen molar-refractivity contribution in [3.8, 4) is 0 Å². The lowest BCUT2D eigenvalue weighted by molar-refractivity contribution is 0.414. The van der Waals surface area contributed by atoms with Crippen LogP contribution in [0.4, 0.5) is 0 Å². The Bertz CT molecular complexity index is 571. The number of aryl methyl sites for hydroxylation is 2. The molecule has 1 nitrogen and oxygen atoms in total. The van der Waals surface area contributed by atoms with E-state index in [9.17, 15) is 0 Å². The van der Waals surface area contributed by atoms with Crippen LogP contribution in [0.2, 0.25) is 16.6 Å². The van der Waals surface area contributed by atoms with Gasteiger partial charge in [-0.25, -0.2) is 0 Å². The van der Waals surface area contributed by atoms with Crippen molar-refractivity contribution in [1.29, 1.82) is 0 Å². The van der Waals surface area contributed by atoms with Gasteiger partial charge in [-0.15, -0.1) is 0 Å². The molecule has 0 aliphatic heterocycles. The highest BCUT2D eigenvalue weighted by Crippen LogP contribution is 2.42. The summed E-state index contributed by atoms with van der Waals surface area (Å²) in [6.07, 6.45) is 11.1. The first-order valence-corrected chi connectivity index (χ1v) is 12.9. The minimum Gasteiger partial charge on any atom is -0.548 e. The summed E-state index contributed by atoms with van der Waals surface area (Å²) in [5.74, 6) is 0. The summed E-state index contributed by atoms with van der Waals surface area (Å²) in [6, 6.07) is 8.89. The van der Waals surface area contributed by atoms with Gasteiger partial charge in [-0.05, 0) is 61.7 Å². The predicted octanol–water partition coefficient (Wildman–Crippen LogP) is 8.36. The monoisotopic (exact) mass is 386 g/mol. The molecule has 0 fully saturated rings. The molecule has 0 bridgehead atoms. The normalized spacial score (nSPS) is 13.4. The van der Waals surface area contributed by atoms with Gasteiger partial charge in [-0.1, -0.05) is 89.1 Å². The van der Waals surface area contributed by atoms with Gasteiger partial charge in [0, 0.05) is 0 Å². The maximum Gasteiger partial charge on any atom is 0.257 e. The lowest BCUT2D eigenvalue weighted by Crippen LogP contribution is -2.46. The van der Waals surface area contributed by atoms with Gasteiger partial charge >= 0.3 is 0 Å². The Morgan fingerprint density at radius 3 is 2.00 bits per heavy atom. The molecule has 27 heavy (non-hydrogen) atoms. The van der Waals surface area contributed by atoms with Crippen molar-refractivity contribution >= 4 is 8.32 Å². The smallest absolute Gasteiger partial charge is 0.257 e. The molecular weight excluding hydrogens is 344 g/mol. The van der Waals surface area contributed by atoms with E-state index in [1.54, 1.807) is 0 Å². The Balaban J connectivity index is 2.45. The lowest BCUT2D eigenvalue weighted by Gasteiger charge is -2.41. The Hall–Kier alpha value is -1.28. The maximum absolute atomic E-state index is 6.48. The Labute approximate surface area is 170 Å². The van der Waals surface area contributed by atoms with Crippen LogP contribution in [0.15, 0.2) is 48.3 Å². The highest BCUT2D eigenvalue weighted by molar-refractivity contribution is 6.77. The topological polar surface area (TPSA) is 9.23 Å². The van der Waals surface area contributed by atoms with Gasteiger partial charge < -0.3 is 4.43 Å². The van der Waals surface area contributed by atoms with Gasteiger partial charge in [-0.2, -0.15) is 0 Å². The summed E-state index contributed by atoms with van der Waals surface area (Å²) in [5.41, 5.74) is 6.13. The largest absolute Gasteiger partial charge is 0.548 e. The standard InChI is InChI=1S/C25H42OSi/c1-20(2)27(21(3)4,22(5)6)26-19-10-9-12-23(7)13-11-14-25-17-15-24(8)16-18-25/h10,13,15-22H,9,11-12,14H2,1-8H3/b19-10+,23-13+. The highest BCUT2D eigenvalue weighted by atomic mass is 28.4.